The number of nitriles is 1. The van der Waals surface area contributed by atoms with Crippen LogP contribution in [0.5, 0.6) is 0 Å². The summed E-state index contributed by atoms with van der Waals surface area (Å²) in [4.78, 5) is 15.1. The van der Waals surface area contributed by atoms with Crippen molar-refractivity contribution in [1.82, 2.24) is 10.3 Å². The van der Waals surface area contributed by atoms with Gasteiger partial charge in [0, 0.05) is 6.54 Å². The predicted octanol–water partition coefficient (Wildman–Crippen LogP) is 1.55. The molecular weight excluding hydrogens is 254 g/mol. The summed E-state index contributed by atoms with van der Waals surface area (Å²) in [5.41, 5.74) is 0. The topological polar surface area (TPSA) is 65.8 Å². The van der Waals surface area contributed by atoms with E-state index in [1.54, 1.807) is 6.20 Å². The lowest BCUT2D eigenvalue weighted by Crippen LogP contribution is -2.23. The quantitative estimate of drug-likeness (QED) is 0.838. The maximum Gasteiger partial charge on any atom is 0.280 e. The van der Waals surface area contributed by atoms with Crippen LogP contribution in [-0.4, -0.2) is 17.4 Å². The highest BCUT2D eigenvalue weighted by atomic mass is 79.9. The van der Waals surface area contributed by atoms with Crippen molar-refractivity contribution >= 4 is 33.2 Å². The molecule has 1 rings (SSSR count). The van der Waals surface area contributed by atoms with Crippen molar-refractivity contribution in [3.8, 4) is 6.07 Å². The molecule has 0 spiro atoms. The first-order chi connectivity index (χ1) is 6.24. The number of aromatic nitrogens is 1. The maximum absolute atomic E-state index is 11.2. The normalized spacial score (nSPS) is 9.23. The molecule has 68 valence electrons. The smallest absolute Gasteiger partial charge is 0.280 e. The summed E-state index contributed by atoms with van der Waals surface area (Å²) in [5, 5.41) is 11.2. The van der Waals surface area contributed by atoms with E-state index in [-0.39, 0.29) is 5.91 Å². The van der Waals surface area contributed by atoms with E-state index in [1.165, 1.54) is 11.3 Å². The molecule has 0 aliphatic rings. The lowest BCUT2D eigenvalue weighted by atomic mass is 10.4. The van der Waals surface area contributed by atoms with E-state index in [1.807, 2.05) is 6.07 Å². The summed E-state index contributed by atoms with van der Waals surface area (Å²) in [6.07, 6.45) is 1.89. The van der Waals surface area contributed by atoms with Crippen LogP contribution in [0.25, 0.3) is 0 Å². The molecule has 1 N–H and O–H groups in total. The Kier molecular flexibility index (Phi) is 3.86. The van der Waals surface area contributed by atoms with Crippen molar-refractivity contribution in [2.75, 3.05) is 6.54 Å². The summed E-state index contributed by atoms with van der Waals surface area (Å²) < 4.78 is 0.818. The summed E-state index contributed by atoms with van der Waals surface area (Å²) >= 11 is 4.47. The molecule has 0 aliphatic carbocycles. The number of amides is 1. The molecule has 1 aromatic rings. The minimum atomic E-state index is -0.231. The highest BCUT2D eigenvalue weighted by Crippen LogP contribution is 2.18. The molecule has 0 aromatic carbocycles. The van der Waals surface area contributed by atoms with Crippen LogP contribution in [-0.2, 0) is 0 Å². The van der Waals surface area contributed by atoms with Gasteiger partial charge in [-0.1, -0.05) is 0 Å². The van der Waals surface area contributed by atoms with Gasteiger partial charge in [0.15, 0.2) is 5.01 Å². The first-order valence-electron chi connectivity index (χ1n) is 3.50. The van der Waals surface area contributed by atoms with Crippen LogP contribution in [0.4, 0.5) is 0 Å². The van der Waals surface area contributed by atoms with Crippen LogP contribution in [0, 0.1) is 11.3 Å². The number of thiazole rings is 1. The molecule has 0 atom stereocenters. The Balaban J connectivity index is 2.45. The van der Waals surface area contributed by atoms with Crippen LogP contribution >= 0.6 is 27.3 Å². The summed E-state index contributed by atoms with van der Waals surface area (Å²) in [5.74, 6) is -0.231. The molecule has 0 unspecified atom stereocenters. The molecule has 1 aromatic heterocycles. The molecule has 0 aliphatic heterocycles. The molecule has 13 heavy (non-hydrogen) atoms. The Bertz CT molecular complexity index is 344. The van der Waals surface area contributed by atoms with E-state index >= 15 is 0 Å². The van der Waals surface area contributed by atoms with Crippen LogP contribution < -0.4 is 5.32 Å². The lowest BCUT2D eigenvalue weighted by Gasteiger charge is -1.96. The fourth-order valence-electron chi connectivity index (χ4n) is 0.667. The van der Waals surface area contributed by atoms with Gasteiger partial charge in [0.1, 0.15) is 0 Å². The molecule has 0 fully saturated rings. The third-order valence-corrected chi connectivity index (χ3v) is 2.67. The first-order valence-corrected chi connectivity index (χ1v) is 5.11. The van der Waals surface area contributed by atoms with Gasteiger partial charge in [0.05, 0.1) is 22.5 Å². The third-order valence-electron chi connectivity index (χ3n) is 1.19. The highest BCUT2D eigenvalue weighted by Gasteiger charge is 2.08. The van der Waals surface area contributed by atoms with E-state index in [9.17, 15) is 4.79 Å². The van der Waals surface area contributed by atoms with Crippen molar-refractivity contribution in [1.29, 1.82) is 5.26 Å². The van der Waals surface area contributed by atoms with E-state index in [0.29, 0.717) is 18.0 Å². The van der Waals surface area contributed by atoms with Crippen LogP contribution in [0.1, 0.15) is 16.2 Å². The fourth-order valence-corrected chi connectivity index (χ4v) is 1.79. The van der Waals surface area contributed by atoms with Crippen molar-refractivity contribution in [2.45, 2.75) is 6.42 Å². The van der Waals surface area contributed by atoms with Gasteiger partial charge in [-0.15, -0.1) is 11.3 Å². The Morgan fingerprint density at radius 1 is 1.85 bits per heavy atom. The van der Waals surface area contributed by atoms with E-state index in [4.69, 9.17) is 5.26 Å². The molecule has 4 nitrogen and oxygen atoms in total. The average Bonchev–Trinajstić information content (AvgIpc) is 2.52. The van der Waals surface area contributed by atoms with E-state index in [0.717, 1.165) is 3.79 Å². The van der Waals surface area contributed by atoms with Crippen LogP contribution in [0.2, 0.25) is 0 Å². The maximum atomic E-state index is 11.2. The van der Waals surface area contributed by atoms with E-state index in [2.05, 4.69) is 26.2 Å². The summed E-state index contributed by atoms with van der Waals surface area (Å²) in [7, 11) is 0. The highest BCUT2D eigenvalue weighted by molar-refractivity contribution is 9.11. The third kappa shape index (κ3) is 3.13. The van der Waals surface area contributed by atoms with Gasteiger partial charge >= 0.3 is 0 Å². The number of carbonyl (C=O) groups is 1. The monoisotopic (exact) mass is 259 g/mol. The first kappa shape index (κ1) is 10.2. The SMILES string of the molecule is N#CCCNC(=O)c1ncc(Br)s1. The van der Waals surface area contributed by atoms with Gasteiger partial charge in [0.2, 0.25) is 0 Å². The van der Waals surface area contributed by atoms with Crippen LogP contribution in [0.3, 0.4) is 0 Å². The number of halogens is 1. The van der Waals surface area contributed by atoms with Gasteiger partial charge in [-0.2, -0.15) is 5.26 Å². The molecular formula is C7H6BrN3OS. The summed E-state index contributed by atoms with van der Waals surface area (Å²) in [6, 6.07) is 1.94. The molecule has 0 saturated carbocycles. The van der Waals surface area contributed by atoms with Crippen molar-refractivity contribution in [3.05, 3.63) is 15.0 Å². The van der Waals surface area contributed by atoms with Crippen molar-refractivity contribution in [3.63, 3.8) is 0 Å². The second-order valence-corrected chi connectivity index (χ2v) is 4.54. The van der Waals surface area contributed by atoms with Gasteiger partial charge in [0.25, 0.3) is 5.91 Å². The van der Waals surface area contributed by atoms with Gasteiger partial charge < -0.3 is 5.32 Å². The molecule has 6 heteroatoms. The Morgan fingerprint density at radius 3 is 3.15 bits per heavy atom. The zero-order valence-corrected chi connectivity index (χ0v) is 8.98. The molecule has 1 amide bonds. The number of nitrogens with one attached hydrogen (secondary N) is 1. The second-order valence-electron chi connectivity index (χ2n) is 2.13. The van der Waals surface area contributed by atoms with Crippen molar-refractivity contribution < 1.29 is 4.79 Å². The second kappa shape index (κ2) is 4.94. The number of hydrogen-bond acceptors (Lipinski definition) is 4. The number of hydrogen-bond donors (Lipinski definition) is 1. The van der Waals surface area contributed by atoms with Gasteiger partial charge in [-0.05, 0) is 15.9 Å². The fraction of sp³-hybridized carbons (Fsp3) is 0.286. The van der Waals surface area contributed by atoms with Crippen LogP contribution in [0.15, 0.2) is 9.98 Å². The van der Waals surface area contributed by atoms with Gasteiger partial charge in [-0.3, -0.25) is 4.79 Å². The molecule has 0 saturated heterocycles. The predicted molar refractivity (Wildman–Crippen MR) is 52.4 cm³/mol. The van der Waals surface area contributed by atoms with Crippen molar-refractivity contribution in [2.24, 2.45) is 0 Å². The number of nitrogens with zero attached hydrogens (tertiary/aromatic N) is 2. The Hall–Kier alpha value is -0.930. The average molecular weight is 260 g/mol. The van der Waals surface area contributed by atoms with E-state index < -0.39 is 0 Å². The Labute approximate surface area is 87.7 Å². The minimum Gasteiger partial charge on any atom is -0.349 e. The summed E-state index contributed by atoms with van der Waals surface area (Å²) in [6.45, 7) is 0.368. The number of rotatable bonds is 3. The zero-order chi connectivity index (χ0) is 9.68. The molecule has 0 bridgehead atoms. The number of carbonyl (C=O) groups excluding carboxylic acids is 1. The Morgan fingerprint density at radius 2 is 2.62 bits per heavy atom. The standard InChI is InChI=1S/C7H6BrN3OS/c8-5-4-11-7(13-5)6(12)10-3-1-2-9/h4H,1,3H2,(H,10,12). The minimum absolute atomic E-state index is 0.231. The molecule has 0 radical (unpaired) electrons. The van der Waals surface area contributed by atoms with Gasteiger partial charge in [-0.25, -0.2) is 4.98 Å². The zero-order valence-electron chi connectivity index (χ0n) is 6.58. The molecule has 1 heterocycles. The largest absolute Gasteiger partial charge is 0.349 e. The lowest BCUT2D eigenvalue weighted by molar-refractivity contribution is 0.0954.